The van der Waals surface area contributed by atoms with Gasteiger partial charge in [-0.2, -0.15) is 4.31 Å². The molecule has 0 spiro atoms. The van der Waals surface area contributed by atoms with Gasteiger partial charge in [0.15, 0.2) is 0 Å². The number of nitrogens with one attached hydrogen (secondary N) is 1. The summed E-state index contributed by atoms with van der Waals surface area (Å²) in [7, 11) is -2.31. The lowest BCUT2D eigenvalue weighted by Crippen LogP contribution is -2.45. The maximum Gasteiger partial charge on any atom is 0.245 e. The van der Waals surface area contributed by atoms with Gasteiger partial charge in [0.25, 0.3) is 0 Å². The van der Waals surface area contributed by atoms with E-state index in [1.807, 2.05) is 30.3 Å². The molecule has 2 aliphatic rings. The third-order valence-electron chi connectivity index (χ3n) is 6.60. The van der Waals surface area contributed by atoms with E-state index in [9.17, 15) is 18.0 Å². The zero-order valence-corrected chi connectivity index (χ0v) is 22.3. The molecule has 1 fully saturated rings. The zero-order valence-electron chi connectivity index (χ0n) is 19.9. The van der Waals surface area contributed by atoms with Crippen LogP contribution in [0.25, 0.3) is 0 Å². The molecule has 0 radical (unpaired) electrons. The van der Waals surface area contributed by atoms with Crippen molar-refractivity contribution in [2.75, 3.05) is 31.6 Å². The molecule has 188 valence electrons. The molecule has 35 heavy (non-hydrogen) atoms. The summed E-state index contributed by atoms with van der Waals surface area (Å²) in [5, 5.41) is 2.94. The van der Waals surface area contributed by atoms with Gasteiger partial charge in [-0.15, -0.1) is 0 Å². The van der Waals surface area contributed by atoms with Crippen molar-refractivity contribution in [2.45, 2.75) is 44.0 Å². The van der Waals surface area contributed by atoms with E-state index in [0.717, 1.165) is 16.9 Å². The Morgan fingerprint density at radius 2 is 1.91 bits per heavy atom. The van der Waals surface area contributed by atoms with Gasteiger partial charge in [-0.3, -0.25) is 9.59 Å². The van der Waals surface area contributed by atoms with Crippen molar-refractivity contribution >= 4 is 43.5 Å². The van der Waals surface area contributed by atoms with Gasteiger partial charge in [0.1, 0.15) is 10.6 Å². The third kappa shape index (κ3) is 5.39. The van der Waals surface area contributed by atoms with Crippen LogP contribution in [0.15, 0.2) is 45.8 Å². The minimum absolute atomic E-state index is 0.100. The molecule has 0 unspecified atom stereocenters. The topological polar surface area (TPSA) is 96.0 Å². The van der Waals surface area contributed by atoms with Crippen LogP contribution in [-0.4, -0.2) is 51.3 Å². The Bertz CT molecular complexity index is 1220. The number of hydrogen-bond acceptors (Lipinski definition) is 5. The van der Waals surface area contributed by atoms with Crippen molar-refractivity contribution in [1.82, 2.24) is 9.62 Å². The van der Waals surface area contributed by atoms with Gasteiger partial charge in [-0.1, -0.05) is 35.0 Å². The van der Waals surface area contributed by atoms with Crippen molar-refractivity contribution in [1.29, 1.82) is 0 Å². The Labute approximate surface area is 214 Å². The Balaban J connectivity index is 1.51. The predicted molar refractivity (Wildman–Crippen MR) is 137 cm³/mol. The maximum atomic E-state index is 13.8. The highest BCUT2D eigenvalue weighted by molar-refractivity contribution is 9.10. The number of sulfonamides is 1. The first-order valence-corrected chi connectivity index (χ1v) is 14.0. The van der Waals surface area contributed by atoms with Gasteiger partial charge in [0.2, 0.25) is 21.8 Å². The highest BCUT2D eigenvalue weighted by atomic mass is 79.9. The largest absolute Gasteiger partial charge is 0.497 e. The zero-order chi connectivity index (χ0) is 25.2. The van der Waals surface area contributed by atoms with Crippen molar-refractivity contribution in [3.8, 4) is 5.75 Å². The maximum absolute atomic E-state index is 13.8. The number of hydrogen-bond donors (Lipinski definition) is 1. The smallest absolute Gasteiger partial charge is 0.245 e. The normalized spacial score (nSPS) is 18.3. The molecule has 0 aromatic heterocycles. The van der Waals surface area contributed by atoms with Crippen molar-refractivity contribution in [3.05, 3.63) is 52.0 Å². The first-order valence-electron chi connectivity index (χ1n) is 11.8. The fourth-order valence-electron chi connectivity index (χ4n) is 4.70. The quantitative estimate of drug-likeness (QED) is 0.556. The number of carbonyl (C=O) groups excluding carboxylic acids is 2. The molecule has 4 rings (SSSR count). The van der Waals surface area contributed by atoms with E-state index in [1.165, 1.54) is 4.31 Å². The summed E-state index contributed by atoms with van der Waals surface area (Å²) in [5.41, 5.74) is 2.25. The highest BCUT2D eigenvalue weighted by Gasteiger charge is 2.38. The molecular weight excluding hydrogens is 534 g/mol. The SMILES string of the molecule is CCC(=O)N1CCc2cc(Br)cc(S(=O)(=O)N3CCC[C@H](C(=O)NCc4ccc(OC)cc4)C3)c21. The summed E-state index contributed by atoms with van der Waals surface area (Å²) in [5.74, 6) is 0.0386. The highest BCUT2D eigenvalue weighted by Crippen LogP contribution is 2.39. The molecule has 1 saturated heterocycles. The van der Waals surface area contributed by atoms with Crippen molar-refractivity contribution in [3.63, 3.8) is 0 Å². The number of carbonyl (C=O) groups is 2. The molecule has 0 aliphatic carbocycles. The minimum Gasteiger partial charge on any atom is -0.497 e. The summed E-state index contributed by atoms with van der Waals surface area (Å²) in [6.07, 6.45) is 2.12. The van der Waals surface area contributed by atoms with Crippen LogP contribution in [0.3, 0.4) is 0 Å². The standard InChI is InChI=1S/C25H30BrN3O5S/c1-3-23(30)29-12-10-18-13-20(26)14-22(24(18)29)35(32,33)28-11-4-5-19(16-28)25(31)27-15-17-6-8-21(34-2)9-7-17/h6-9,13-14,19H,3-5,10-12,15-16H2,1-2H3,(H,27,31)/t19-/m0/s1. The molecule has 2 aromatic rings. The van der Waals surface area contributed by atoms with Gasteiger partial charge in [0, 0.05) is 37.1 Å². The van der Waals surface area contributed by atoms with E-state index >= 15 is 0 Å². The number of ether oxygens (including phenoxy) is 1. The lowest BCUT2D eigenvalue weighted by molar-refractivity contribution is -0.126. The second-order valence-corrected chi connectivity index (χ2v) is 11.7. The van der Waals surface area contributed by atoms with Crippen molar-refractivity contribution in [2.24, 2.45) is 5.92 Å². The Morgan fingerprint density at radius 3 is 2.60 bits per heavy atom. The minimum atomic E-state index is -3.91. The molecule has 8 nitrogen and oxygen atoms in total. The summed E-state index contributed by atoms with van der Waals surface area (Å²) in [4.78, 5) is 27.1. The van der Waals surface area contributed by atoms with E-state index < -0.39 is 15.9 Å². The number of anilines is 1. The fraction of sp³-hybridized carbons (Fsp3) is 0.440. The number of halogens is 1. The molecule has 2 heterocycles. The lowest BCUT2D eigenvalue weighted by Gasteiger charge is -2.32. The number of amides is 2. The van der Waals surface area contributed by atoms with Crippen LogP contribution in [0, 0.1) is 5.92 Å². The summed E-state index contributed by atoms with van der Waals surface area (Å²) >= 11 is 3.43. The second kappa shape index (κ2) is 10.7. The van der Waals surface area contributed by atoms with Gasteiger partial charge in [-0.25, -0.2) is 8.42 Å². The molecule has 2 aliphatic heterocycles. The lowest BCUT2D eigenvalue weighted by atomic mass is 9.99. The van der Waals surface area contributed by atoms with E-state index in [0.29, 0.717) is 55.5 Å². The Morgan fingerprint density at radius 1 is 1.17 bits per heavy atom. The fourth-order valence-corrected chi connectivity index (χ4v) is 7.14. The molecule has 0 bridgehead atoms. The predicted octanol–water partition coefficient (Wildman–Crippen LogP) is 3.47. The van der Waals surface area contributed by atoms with Crippen LogP contribution in [0.2, 0.25) is 0 Å². The van der Waals surface area contributed by atoms with Crippen LogP contribution >= 0.6 is 15.9 Å². The Hall–Kier alpha value is -2.43. The van der Waals surface area contributed by atoms with E-state index in [1.54, 1.807) is 25.0 Å². The first-order chi connectivity index (χ1) is 16.7. The van der Waals surface area contributed by atoms with Crippen LogP contribution in [-0.2, 0) is 32.6 Å². The average molecular weight is 565 g/mol. The second-order valence-electron chi connectivity index (χ2n) is 8.83. The van der Waals surface area contributed by atoms with Gasteiger partial charge >= 0.3 is 0 Å². The summed E-state index contributed by atoms with van der Waals surface area (Å²) in [6, 6.07) is 10.9. The van der Waals surface area contributed by atoms with E-state index in [4.69, 9.17) is 4.74 Å². The number of piperidine rings is 1. The van der Waals surface area contributed by atoms with Gasteiger partial charge < -0.3 is 15.0 Å². The van der Waals surface area contributed by atoms with Crippen molar-refractivity contribution < 1.29 is 22.7 Å². The molecule has 2 aromatic carbocycles. The molecule has 1 N–H and O–H groups in total. The third-order valence-corrected chi connectivity index (χ3v) is 8.93. The van der Waals surface area contributed by atoms with Gasteiger partial charge in [-0.05, 0) is 54.7 Å². The number of rotatable bonds is 7. The van der Waals surface area contributed by atoms with Crippen LogP contribution in [0.4, 0.5) is 5.69 Å². The van der Waals surface area contributed by atoms with Crippen LogP contribution < -0.4 is 15.0 Å². The summed E-state index contributed by atoms with van der Waals surface area (Å²) < 4.78 is 34.8. The molecule has 0 saturated carbocycles. The van der Waals surface area contributed by atoms with E-state index in [2.05, 4.69) is 21.2 Å². The molecule has 2 amide bonds. The Kier molecular flexibility index (Phi) is 7.83. The van der Waals surface area contributed by atoms with Gasteiger partial charge in [0.05, 0.1) is 18.7 Å². The number of benzene rings is 2. The molecule has 1 atom stereocenters. The molecule has 10 heteroatoms. The number of methoxy groups -OCH3 is 1. The number of nitrogens with zero attached hydrogens (tertiary/aromatic N) is 2. The van der Waals surface area contributed by atoms with E-state index in [-0.39, 0.29) is 23.3 Å². The average Bonchev–Trinajstić information content (AvgIpc) is 3.30. The number of fused-ring (bicyclic) bond motifs is 1. The monoisotopic (exact) mass is 563 g/mol. The first kappa shape index (κ1) is 25.7. The van der Waals surface area contributed by atoms with Crippen LogP contribution in [0.5, 0.6) is 5.75 Å². The van der Waals surface area contributed by atoms with Crippen LogP contribution in [0.1, 0.15) is 37.3 Å². The molecular formula is C25H30BrN3O5S. The summed E-state index contributed by atoms with van der Waals surface area (Å²) in [6.45, 7) is 3.05.